The zero-order valence-corrected chi connectivity index (χ0v) is 10.9. The average molecular weight is 240 g/mol. The molecule has 0 bridgehead atoms. The molecule has 0 atom stereocenters. The summed E-state index contributed by atoms with van der Waals surface area (Å²) in [6, 6.07) is 0.806. The van der Waals surface area contributed by atoms with E-state index < -0.39 is 0 Å². The Bertz CT molecular complexity index is 322. The Morgan fingerprint density at radius 1 is 1.38 bits per heavy atom. The zero-order valence-electron chi connectivity index (χ0n) is 10.1. The predicted molar refractivity (Wildman–Crippen MR) is 67.8 cm³/mol. The minimum Gasteiger partial charge on any atom is -0.360 e. The maximum atomic E-state index is 4.23. The third-order valence-corrected chi connectivity index (χ3v) is 3.67. The highest BCUT2D eigenvalue weighted by Gasteiger charge is 2.28. The fourth-order valence-electron chi connectivity index (χ4n) is 1.73. The number of nitrogens with zero attached hydrogens (tertiary/aromatic N) is 3. The summed E-state index contributed by atoms with van der Waals surface area (Å²) in [7, 11) is 0. The van der Waals surface area contributed by atoms with E-state index in [1.807, 2.05) is 0 Å². The summed E-state index contributed by atoms with van der Waals surface area (Å²) >= 11 is 1.69. The number of aromatic nitrogens is 2. The van der Waals surface area contributed by atoms with Crippen LogP contribution in [0.5, 0.6) is 0 Å². The van der Waals surface area contributed by atoms with Gasteiger partial charge in [-0.15, -0.1) is 10.2 Å². The first kappa shape index (κ1) is 11.8. The molecule has 0 amide bonds. The minimum absolute atomic E-state index is 0.806. The van der Waals surface area contributed by atoms with Crippen molar-refractivity contribution >= 4 is 16.5 Å². The first-order chi connectivity index (χ1) is 7.83. The van der Waals surface area contributed by atoms with Crippen LogP contribution >= 0.6 is 11.3 Å². The second-order valence-corrected chi connectivity index (χ2v) is 5.28. The number of hydrogen-bond donors (Lipinski definition) is 1. The van der Waals surface area contributed by atoms with Crippen molar-refractivity contribution in [2.45, 2.75) is 45.7 Å². The fraction of sp³-hybridized carbons (Fsp3) is 0.818. The molecule has 1 aromatic rings. The van der Waals surface area contributed by atoms with Gasteiger partial charge in [0.2, 0.25) is 5.13 Å². The lowest BCUT2D eigenvalue weighted by atomic mass is 10.4. The summed E-state index contributed by atoms with van der Waals surface area (Å²) in [5.74, 6) is 0. The van der Waals surface area contributed by atoms with Gasteiger partial charge in [0.15, 0.2) is 0 Å². The smallest absolute Gasteiger partial charge is 0.205 e. The van der Waals surface area contributed by atoms with Gasteiger partial charge in [-0.25, -0.2) is 0 Å². The molecule has 1 heterocycles. The van der Waals surface area contributed by atoms with Crippen LogP contribution in [0.1, 0.15) is 38.1 Å². The summed E-state index contributed by atoms with van der Waals surface area (Å²) in [6.45, 7) is 7.43. The third-order valence-electron chi connectivity index (χ3n) is 2.80. The van der Waals surface area contributed by atoms with E-state index in [0.29, 0.717) is 0 Å². The van der Waals surface area contributed by atoms with Crippen molar-refractivity contribution < 1.29 is 0 Å². The highest BCUT2D eigenvalue weighted by molar-refractivity contribution is 7.15. The Hall–Kier alpha value is -0.680. The molecular weight excluding hydrogens is 220 g/mol. The summed E-state index contributed by atoms with van der Waals surface area (Å²) in [5.41, 5.74) is 0. The molecule has 1 aliphatic carbocycles. The summed E-state index contributed by atoms with van der Waals surface area (Å²) in [4.78, 5) is 2.49. The lowest BCUT2D eigenvalue weighted by molar-refractivity contribution is 0.268. The van der Waals surface area contributed by atoms with Crippen LogP contribution in [0.25, 0.3) is 0 Å². The first-order valence-corrected chi connectivity index (χ1v) is 6.95. The highest BCUT2D eigenvalue weighted by atomic mass is 32.1. The standard InChI is InChI=1S/C11H20N4S/c1-3-7-12-11-14-13-10(16-11)8-15(4-2)9-5-6-9/h9H,3-8H2,1-2H3,(H,12,14). The topological polar surface area (TPSA) is 41.1 Å². The minimum atomic E-state index is 0.806. The Labute approximate surface area is 101 Å². The molecule has 1 fully saturated rings. The van der Waals surface area contributed by atoms with Crippen molar-refractivity contribution in [3.63, 3.8) is 0 Å². The number of nitrogens with one attached hydrogen (secondary N) is 1. The van der Waals surface area contributed by atoms with Crippen molar-refractivity contribution in [2.24, 2.45) is 0 Å². The molecule has 2 rings (SSSR count). The van der Waals surface area contributed by atoms with Gasteiger partial charge in [0.25, 0.3) is 0 Å². The van der Waals surface area contributed by atoms with E-state index in [2.05, 4.69) is 34.3 Å². The number of rotatable bonds is 7. The van der Waals surface area contributed by atoms with Gasteiger partial charge in [-0.1, -0.05) is 25.2 Å². The normalized spacial score (nSPS) is 15.7. The van der Waals surface area contributed by atoms with E-state index in [9.17, 15) is 0 Å². The SMILES string of the molecule is CCCNc1nnc(CN(CC)C2CC2)s1. The molecule has 0 radical (unpaired) electrons. The quantitative estimate of drug-likeness (QED) is 0.794. The van der Waals surface area contributed by atoms with Gasteiger partial charge in [-0.05, 0) is 25.8 Å². The maximum Gasteiger partial charge on any atom is 0.205 e. The first-order valence-electron chi connectivity index (χ1n) is 6.13. The van der Waals surface area contributed by atoms with Crippen LogP contribution in [0.15, 0.2) is 0 Å². The molecule has 90 valence electrons. The summed E-state index contributed by atoms with van der Waals surface area (Å²) in [6.07, 6.45) is 3.83. The van der Waals surface area contributed by atoms with E-state index in [1.54, 1.807) is 11.3 Å². The lowest BCUT2D eigenvalue weighted by Gasteiger charge is -2.17. The van der Waals surface area contributed by atoms with Crippen LogP contribution in [0, 0.1) is 0 Å². The van der Waals surface area contributed by atoms with Crippen LogP contribution < -0.4 is 5.32 Å². The molecule has 1 aromatic heterocycles. The largest absolute Gasteiger partial charge is 0.360 e. The highest BCUT2D eigenvalue weighted by Crippen LogP contribution is 2.28. The lowest BCUT2D eigenvalue weighted by Crippen LogP contribution is -2.24. The van der Waals surface area contributed by atoms with Crippen LogP contribution in [0.3, 0.4) is 0 Å². The van der Waals surface area contributed by atoms with Gasteiger partial charge >= 0.3 is 0 Å². The van der Waals surface area contributed by atoms with Crippen molar-refractivity contribution in [3.8, 4) is 0 Å². The molecule has 0 aromatic carbocycles. The average Bonchev–Trinajstić information content (AvgIpc) is 3.04. The van der Waals surface area contributed by atoms with Crippen LogP contribution in [0.2, 0.25) is 0 Å². The molecule has 1 aliphatic rings. The van der Waals surface area contributed by atoms with Gasteiger partial charge in [0.05, 0.1) is 6.54 Å². The second kappa shape index (κ2) is 5.59. The van der Waals surface area contributed by atoms with Gasteiger partial charge in [-0.3, -0.25) is 4.90 Å². The van der Waals surface area contributed by atoms with E-state index in [0.717, 1.165) is 42.2 Å². The van der Waals surface area contributed by atoms with Gasteiger partial charge in [0, 0.05) is 12.6 Å². The Morgan fingerprint density at radius 3 is 2.81 bits per heavy atom. The monoisotopic (exact) mass is 240 g/mol. The maximum absolute atomic E-state index is 4.23. The number of anilines is 1. The van der Waals surface area contributed by atoms with Crippen molar-refractivity contribution in [3.05, 3.63) is 5.01 Å². The van der Waals surface area contributed by atoms with Crippen molar-refractivity contribution in [1.82, 2.24) is 15.1 Å². The van der Waals surface area contributed by atoms with E-state index >= 15 is 0 Å². The number of hydrogen-bond acceptors (Lipinski definition) is 5. The zero-order chi connectivity index (χ0) is 11.4. The summed E-state index contributed by atoms with van der Waals surface area (Å²) < 4.78 is 0. The van der Waals surface area contributed by atoms with E-state index in [1.165, 1.54) is 12.8 Å². The molecule has 0 spiro atoms. The van der Waals surface area contributed by atoms with E-state index in [4.69, 9.17) is 0 Å². The molecule has 5 heteroatoms. The fourth-order valence-corrected chi connectivity index (χ4v) is 2.52. The van der Waals surface area contributed by atoms with Crippen LogP contribution in [-0.4, -0.2) is 34.2 Å². The molecule has 0 unspecified atom stereocenters. The second-order valence-electron chi connectivity index (χ2n) is 4.22. The van der Waals surface area contributed by atoms with Crippen LogP contribution in [-0.2, 0) is 6.54 Å². The Kier molecular flexibility index (Phi) is 4.12. The van der Waals surface area contributed by atoms with Gasteiger partial charge in [0.1, 0.15) is 5.01 Å². The van der Waals surface area contributed by atoms with Gasteiger partial charge < -0.3 is 5.32 Å². The van der Waals surface area contributed by atoms with Crippen molar-refractivity contribution in [1.29, 1.82) is 0 Å². The molecule has 16 heavy (non-hydrogen) atoms. The Balaban J connectivity index is 1.85. The predicted octanol–water partition coefficient (Wildman–Crippen LogP) is 2.34. The van der Waals surface area contributed by atoms with Crippen LogP contribution in [0.4, 0.5) is 5.13 Å². The molecule has 4 nitrogen and oxygen atoms in total. The molecule has 0 saturated heterocycles. The molecule has 1 N–H and O–H groups in total. The van der Waals surface area contributed by atoms with Crippen molar-refractivity contribution in [2.75, 3.05) is 18.4 Å². The van der Waals surface area contributed by atoms with Gasteiger partial charge in [-0.2, -0.15) is 0 Å². The Morgan fingerprint density at radius 2 is 2.19 bits per heavy atom. The molecule has 1 saturated carbocycles. The summed E-state index contributed by atoms with van der Waals surface area (Å²) in [5, 5.41) is 13.8. The molecular formula is C11H20N4S. The molecule has 0 aliphatic heterocycles. The van der Waals surface area contributed by atoms with E-state index in [-0.39, 0.29) is 0 Å². The third kappa shape index (κ3) is 3.15.